The number of aromatic nitrogens is 1. The highest BCUT2D eigenvalue weighted by Crippen LogP contribution is 2.22. The highest BCUT2D eigenvalue weighted by molar-refractivity contribution is 5.93. The summed E-state index contributed by atoms with van der Waals surface area (Å²) >= 11 is 0. The van der Waals surface area contributed by atoms with Crippen molar-refractivity contribution < 1.29 is 13.9 Å². The van der Waals surface area contributed by atoms with Crippen molar-refractivity contribution in [2.75, 3.05) is 18.0 Å². The lowest BCUT2D eigenvalue weighted by atomic mass is 10.1. The number of hydrogen-bond acceptors (Lipinski definition) is 6. The summed E-state index contributed by atoms with van der Waals surface area (Å²) in [5.74, 6) is -0.711. The summed E-state index contributed by atoms with van der Waals surface area (Å²) in [5, 5.41) is 0.675. The lowest BCUT2D eigenvalue weighted by Gasteiger charge is -2.20. The second-order valence-corrected chi connectivity index (χ2v) is 5.78. The van der Waals surface area contributed by atoms with E-state index in [-0.39, 0.29) is 12.2 Å². The minimum Gasteiger partial charge on any atom is -0.457 e. The van der Waals surface area contributed by atoms with E-state index < -0.39 is 11.6 Å². The Bertz CT molecular complexity index is 962. The Morgan fingerprint density at radius 1 is 1.19 bits per heavy atom. The van der Waals surface area contributed by atoms with Gasteiger partial charge in [0.15, 0.2) is 0 Å². The van der Waals surface area contributed by atoms with Gasteiger partial charge in [-0.25, -0.2) is 9.59 Å². The molecule has 6 heteroatoms. The van der Waals surface area contributed by atoms with Gasteiger partial charge >= 0.3 is 11.6 Å². The summed E-state index contributed by atoms with van der Waals surface area (Å²) in [5.41, 5.74) is 1.35. The van der Waals surface area contributed by atoms with Crippen molar-refractivity contribution in [2.45, 2.75) is 20.5 Å². The van der Waals surface area contributed by atoms with E-state index in [0.717, 1.165) is 24.3 Å². The molecule has 0 bridgehead atoms. The monoisotopic (exact) mass is 352 g/mol. The third-order valence-corrected chi connectivity index (χ3v) is 4.16. The van der Waals surface area contributed by atoms with Gasteiger partial charge in [-0.05, 0) is 38.1 Å². The molecule has 0 radical (unpaired) electrons. The number of carbonyl (C=O) groups is 1. The molecule has 0 aliphatic carbocycles. The number of esters is 1. The Hall–Kier alpha value is -3.15. The molecule has 0 fully saturated rings. The first-order valence-corrected chi connectivity index (χ1v) is 8.51. The maximum Gasteiger partial charge on any atom is 0.351 e. The summed E-state index contributed by atoms with van der Waals surface area (Å²) in [4.78, 5) is 30.6. The van der Waals surface area contributed by atoms with Gasteiger partial charge < -0.3 is 14.1 Å². The number of benzene rings is 1. The standard InChI is InChI=1S/C20H20N2O4/c1-3-22(4-2)16-8-7-15-10-17(20(24)26-18(15)11-16)19(23)25-13-14-6-5-9-21-12-14/h5-12H,3-4,13H2,1-2H3. The van der Waals surface area contributed by atoms with Gasteiger partial charge in [0.2, 0.25) is 0 Å². The highest BCUT2D eigenvalue weighted by atomic mass is 16.5. The Balaban J connectivity index is 1.85. The molecule has 0 saturated heterocycles. The average molecular weight is 352 g/mol. The summed E-state index contributed by atoms with van der Waals surface area (Å²) in [6.07, 6.45) is 3.24. The van der Waals surface area contributed by atoms with Crippen LogP contribution in [0.15, 0.2) is 58.0 Å². The fourth-order valence-electron chi connectivity index (χ4n) is 2.74. The van der Waals surface area contributed by atoms with Crippen LogP contribution in [0.3, 0.4) is 0 Å². The second kappa shape index (κ2) is 7.82. The molecule has 0 spiro atoms. The molecule has 3 aromatic rings. The number of hydrogen-bond donors (Lipinski definition) is 0. The van der Waals surface area contributed by atoms with Crippen LogP contribution in [0.2, 0.25) is 0 Å². The van der Waals surface area contributed by atoms with Gasteiger partial charge in [0, 0.05) is 48.2 Å². The molecule has 0 aliphatic rings. The molecule has 6 nitrogen and oxygen atoms in total. The van der Waals surface area contributed by atoms with Crippen molar-refractivity contribution in [3.8, 4) is 0 Å². The number of rotatable bonds is 6. The maximum absolute atomic E-state index is 12.2. The number of carbonyl (C=O) groups excluding carboxylic acids is 1. The predicted molar refractivity (Wildman–Crippen MR) is 99.4 cm³/mol. The number of ether oxygens (including phenoxy) is 1. The van der Waals surface area contributed by atoms with Crippen molar-refractivity contribution in [3.05, 3.63) is 70.3 Å². The molecular formula is C20H20N2O4. The van der Waals surface area contributed by atoms with Crippen LogP contribution < -0.4 is 10.5 Å². The van der Waals surface area contributed by atoms with Gasteiger partial charge in [0.05, 0.1) is 0 Å². The normalized spacial score (nSPS) is 10.7. The maximum atomic E-state index is 12.2. The zero-order chi connectivity index (χ0) is 18.5. The number of fused-ring (bicyclic) bond motifs is 1. The first kappa shape index (κ1) is 17.7. The number of anilines is 1. The average Bonchev–Trinajstić information content (AvgIpc) is 2.67. The third kappa shape index (κ3) is 3.74. The summed E-state index contributed by atoms with van der Waals surface area (Å²) < 4.78 is 10.5. The quantitative estimate of drug-likeness (QED) is 0.500. The minimum absolute atomic E-state index is 0.0467. The van der Waals surface area contributed by atoms with Crippen LogP contribution in [-0.2, 0) is 11.3 Å². The van der Waals surface area contributed by atoms with E-state index in [1.807, 2.05) is 18.2 Å². The third-order valence-electron chi connectivity index (χ3n) is 4.16. The molecule has 26 heavy (non-hydrogen) atoms. The SMILES string of the molecule is CCN(CC)c1ccc2cc(C(=O)OCc3cccnc3)c(=O)oc2c1. The molecule has 2 aromatic heterocycles. The minimum atomic E-state index is -0.711. The molecule has 0 saturated carbocycles. The molecule has 134 valence electrons. The van der Waals surface area contributed by atoms with E-state index in [1.54, 1.807) is 24.5 Å². The molecule has 1 aromatic carbocycles. The van der Waals surface area contributed by atoms with Crippen LogP contribution in [0.4, 0.5) is 5.69 Å². The van der Waals surface area contributed by atoms with Gasteiger partial charge in [-0.15, -0.1) is 0 Å². The Morgan fingerprint density at radius 2 is 2.00 bits per heavy atom. The van der Waals surface area contributed by atoms with Crippen molar-refractivity contribution in [2.24, 2.45) is 0 Å². The van der Waals surface area contributed by atoms with Crippen molar-refractivity contribution >= 4 is 22.6 Å². The first-order chi connectivity index (χ1) is 12.6. The van der Waals surface area contributed by atoms with Crippen molar-refractivity contribution in [3.63, 3.8) is 0 Å². The number of nitrogens with zero attached hydrogens (tertiary/aromatic N) is 2. The van der Waals surface area contributed by atoms with Crippen LogP contribution in [0.5, 0.6) is 0 Å². The van der Waals surface area contributed by atoms with Crippen LogP contribution >= 0.6 is 0 Å². The van der Waals surface area contributed by atoms with Crippen molar-refractivity contribution in [1.29, 1.82) is 0 Å². The molecule has 0 atom stereocenters. The Labute approximate surface area is 151 Å². The first-order valence-electron chi connectivity index (χ1n) is 8.51. The van der Waals surface area contributed by atoms with Crippen molar-refractivity contribution in [1.82, 2.24) is 4.98 Å². The molecule has 0 unspecified atom stereocenters. The molecular weight excluding hydrogens is 332 g/mol. The highest BCUT2D eigenvalue weighted by Gasteiger charge is 2.16. The second-order valence-electron chi connectivity index (χ2n) is 5.78. The van der Waals surface area contributed by atoms with Gasteiger partial charge in [-0.1, -0.05) is 6.07 Å². The van der Waals surface area contributed by atoms with Gasteiger partial charge in [0.25, 0.3) is 0 Å². The molecule has 0 N–H and O–H groups in total. The largest absolute Gasteiger partial charge is 0.457 e. The van der Waals surface area contributed by atoms with Crippen LogP contribution in [0.25, 0.3) is 11.0 Å². The number of pyridine rings is 1. The lowest BCUT2D eigenvalue weighted by Crippen LogP contribution is -2.21. The zero-order valence-electron chi connectivity index (χ0n) is 14.8. The molecule has 0 amide bonds. The van der Waals surface area contributed by atoms with E-state index in [2.05, 4.69) is 23.7 Å². The topological polar surface area (TPSA) is 72.6 Å². The predicted octanol–water partition coefficient (Wildman–Crippen LogP) is 3.39. The molecule has 0 aliphatic heterocycles. The molecule has 3 rings (SSSR count). The van der Waals surface area contributed by atoms with E-state index in [4.69, 9.17) is 9.15 Å². The summed E-state index contributed by atoms with van der Waals surface area (Å²) in [7, 11) is 0. The van der Waals surface area contributed by atoms with Crippen LogP contribution in [0, 0.1) is 0 Å². The summed E-state index contributed by atoms with van der Waals surface area (Å²) in [6, 6.07) is 10.6. The van der Waals surface area contributed by atoms with E-state index in [9.17, 15) is 9.59 Å². The van der Waals surface area contributed by atoms with Crippen LogP contribution in [-0.4, -0.2) is 24.0 Å². The van der Waals surface area contributed by atoms with Gasteiger partial charge in [0.1, 0.15) is 17.8 Å². The Morgan fingerprint density at radius 3 is 2.69 bits per heavy atom. The fourth-order valence-corrected chi connectivity index (χ4v) is 2.74. The smallest absolute Gasteiger partial charge is 0.351 e. The van der Waals surface area contributed by atoms with Gasteiger partial charge in [-0.2, -0.15) is 0 Å². The Kier molecular flexibility index (Phi) is 5.31. The van der Waals surface area contributed by atoms with Crippen LogP contribution in [0.1, 0.15) is 29.8 Å². The zero-order valence-corrected chi connectivity index (χ0v) is 14.8. The summed E-state index contributed by atoms with van der Waals surface area (Å²) in [6.45, 7) is 5.87. The molecule has 2 heterocycles. The van der Waals surface area contributed by atoms with E-state index in [0.29, 0.717) is 11.0 Å². The fraction of sp³-hybridized carbons (Fsp3) is 0.250. The lowest BCUT2D eigenvalue weighted by molar-refractivity contribution is 0.0467. The van der Waals surface area contributed by atoms with Gasteiger partial charge in [-0.3, -0.25) is 4.98 Å². The van der Waals surface area contributed by atoms with E-state index in [1.165, 1.54) is 6.07 Å². The van der Waals surface area contributed by atoms with E-state index >= 15 is 0 Å².